The zero-order valence-electron chi connectivity index (χ0n) is 35.5. The smallest absolute Gasteiger partial charge is 0.264 e. The first-order valence-corrected chi connectivity index (χ1v) is 23.8. The van der Waals surface area contributed by atoms with Gasteiger partial charge in [0.2, 0.25) is 5.69 Å². The molecule has 3 aromatic rings. The number of rotatable bonds is 20. The lowest BCUT2D eigenvalue weighted by atomic mass is 9.81. The first-order valence-electron chi connectivity index (χ1n) is 20.6. The van der Waals surface area contributed by atoms with Crippen LogP contribution in [0.1, 0.15) is 107 Å². The maximum atomic E-state index is 13.1. The van der Waals surface area contributed by atoms with Gasteiger partial charge in [-0.3, -0.25) is 19.1 Å². The number of ketones is 1. The Balaban J connectivity index is 1.51. The van der Waals surface area contributed by atoms with Crippen molar-refractivity contribution in [1.29, 1.82) is 0 Å². The Labute approximate surface area is 355 Å². The van der Waals surface area contributed by atoms with Gasteiger partial charge in [0.05, 0.1) is 32.5 Å². The number of unbranched alkanes of at least 4 members (excludes halogenated alkanes) is 2. The molecule has 0 radical (unpaired) electrons. The Hall–Kier alpha value is -4.76. The summed E-state index contributed by atoms with van der Waals surface area (Å²) in [6.07, 6.45) is 12.7. The molecule has 2 N–H and O–H groups in total. The first-order chi connectivity index (χ1) is 28.2. The molecule has 322 valence electrons. The lowest BCUT2D eigenvalue weighted by Gasteiger charge is -2.27. The van der Waals surface area contributed by atoms with Gasteiger partial charge in [-0.2, -0.15) is 13.0 Å². The molecule has 2 aliphatic heterocycles. The van der Waals surface area contributed by atoms with Crippen molar-refractivity contribution in [2.75, 3.05) is 36.0 Å². The first kappa shape index (κ1) is 46.3. The third-order valence-electron chi connectivity index (χ3n) is 11.4. The fourth-order valence-corrected chi connectivity index (χ4v) is 9.00. The molecule has 0 unspecified atom stereocenters. The summed E-state index contributed by atoms with van der Waals surface area (Å²) >= 11 is 0. The van der Waals surface area contributed by atoms with E-state index in [1.54, 1.807) is 12.1 Å². The molecular weight excluding hydrogens is 801 g/mol. The minimum absolute atomic E-state index is 0.0262. The molecule has 14 heteroatoms. The van der Waals surface area contributed by atoms with Crippen LogP contribution in [-0.2, 0) is 35.9 Å². The number of amides is 1. The molecule has 60 heavy (non-hydrogen) atoms. The predicted octanol–water partition coefficient (Wildman–Crippen LogP) is 7.51. The summed E-state index contributed by atoms with van der Waals surface area (Å²) in [5.41, 5.74) is 6.56. The SMILES string of the molecule is CC(C)C(=O)CCCCCNC(=O)c1ccc(C(=C\C=C2\N(CCCS(=O)(=O)O)c3ccccc3C2(C)C)/C=C/C2=[N+](CCCS(=O)(=O)[O-])c3ccccc3C2(C)C)nc1. The lowest BCUT2D eigenvalue weighted by molar-refractivity contribution is -0.437. The molecule has 0 bridgehead atoms. The largest absolute Gasteiger partial charge is 0.748 e. The van der Waals surface area contributed by atoms with Gasteiger partial charge in [0.25, 0.3) is 16.0 Å². The Morgan fingerprint density at radius 1 is 0.883 bits per heavy atom. The van der Waals surface area contributed by atoms with Crippen molar-refractivity contribution >= 4 is 54.6 Å². The molecule has 3 heterocycles. The standard InChI is InChI=1S/C46H58N4O8S2/c1-33(2)41(51)20-8-7-13-27-47-44(52)35-21-24-38(48-32-35)34(22-25-42-45(3,4)36-16-9-11-18-39(36)49(42)28-14-30-59(53,54)55)23-26-43-46(5,6)37-17-10-12-19-40(37)50(43)29-15-31-60(56,57)58/h9-12,16-19,21-26,32-33H,7-8,13-15,20,27-31H2,1-6H3,(H2-,47,52,53,54,55,56,57,58). The van der Waals surface area contributed by atoms with Gasteiger partial charge in [0.15, 0.2) is 5.71 Å². The number of fused-ring (bicyclic) bond motifs is 2. The maximum Gasteiger partial charge on any atom is 0.264 e. The summed E-state index contributed by atoms with van der Waals surface area (Å²) in [4.78, 5) is 31.9. The number of benzene rings is 2. The molecule has 1 aromatic heterocycles. The average molecular weight is 859 g/mol. The Morgan fingerprint density at radius 3 is 2.25 bits per heavy atom. The fourth-order valence-electron chi connectivity index (χ4n) is 8.02. The zero-order chi connectivity index (χ0) is 43.9. The molecule has 0 aliphatic carbocycles. The molecule has 1 amide bonds. The lowest BCUT2D eigenvalue weighted by Crippen LogP contribution is -2.28. The van der Waals surface area contributed by atoms with Gasteiger partial charge in [-0.25, -0.2) is 8.42 Å². The number of allylic oxidation sites excluding steroid dienone is 6. The van der Waals surface area contributed by atoms with Gasteiger partial charge < -0.3 is 14.8 Å². The van der Waals surface area contributed by atoms with Crippen LogP contribution in [0.2, 0.25) is 0 Å². The van der Waals surface area contributed by atoms with Gasteiger partial charge >= 0.3 is 0 Å². The summed E-state index contributed by atoms with van der Waals surface area (Å²) in [5.74, 6) is -0.836. The number of pyridine rings is 1. The van der Waals surface area contributed by atoms with Gasteiger partial charge in [-0.15, -0.1) is 0 Å². The fraction of sp³-hybridized carbons (Fsp3) is 0.435. The number of nitrogens with zero attached hydrogens (tertiary/aromatic N) is 3. The van der Waals surface area contributed by atoms with Crippen molar-refractivity contribution in [3.8, 4) is 0 Å². The molecule has 0 fully saturated rings. The molecule has 2 aromatic carbocycles. The third kappa shape index (κ3) is 11.5. The van der Waals surface area contributed by atoms with Crippen LogP contribution in [0.15, 0.2) is 96.9 Å². The van der Waals surface area contributed by atoms with Crippen LogP contribution < -0.4 is 10.2 Å². The minimum atomic E-state index is -4.40. The monoisotopic (exact) mass is 858 g/mol. The van der Waals surface area contributed by atoms with E-state index in [1.807, 2.05) is 80.6 Å². The maximum absolute atomic E-state index is 13.1. The van der Waals surface area contributed by atoms with Crippen LogP contribution >= 0.6 is 0 Å². The van der Waals surface area contributed by atoms with Crippen LogP contribution in [0.5, 0.6) is 0 Å². The molecule has 0 spiro atoms. The van der Waals surface area contributed by atoms with E-state index in [0.717, 1.165) is 53.2 Å². The molecule has 0 atom stereocenters. The van der Waals surface area contributed by atoms with Crippen molar-refractivity contribution < 1.29 is 40.1 Å². The molecule has 2 aliphatic rings. The Morgan fingerprint density at radius 2 is 1.58 bits per heavy atom. The summed E-state index contributed by atoms with van der Waals surface area (Å²) < 4.78 is 69.6. The number of aromatic nitrogens is 1. The van der Waals surface area contributed by atoms with Crippen molar-refractivity contribution in [3.05, 3.63) is 119 Å². The second-order valence-electron chi connectivity index (χ2n) is 16.9. The summed E-state index contributed by atoms with van der Waals surface area (Å²) in [5, 5.41) is 2.95. The second-order valence-corrected chi connectivity index (χ2v) is 20.0. The van der Waals surface area contributed by atoms with E-state index < -0.39 is 36.8 Å². The van der Waals surface area contributed by atoms with Crippen LogP contribution in [0.25, 0.3) is 5.57 Å². The average Bonchev–Trinajstić information content (AvgIpc) is 3.53. The quantitative estimate of drug-likeness (QED) is 0.0501. The van der Waals surface area contributed by atoms with E-state index in [9.17, 15) is 35.5 Å². The van der Waals surface area contributed by atoms with Crippen LogP contribution in [0, 0.1) is 5.92 Å². The van der Waals surface area contributed by atoms with E-state index in [0.29, 0.717) is 42.9 Å². The number of nitrogens with one attached hydrogen (secondary N) is 1. The van der Waals surface area contributed by atoms with E-state index in [-0.39, 0.29) is 36.2 Å². The van der Waals surface area contributed by atoms with Gasteiger partial charge in [0, 0.05) is 83.9 Å². The van der Waals surface area contributed by atoms with Crippen LogP contribution in [0.4, 0.5) is 11.4 Å². The molecular formula is C46H58N4O8S2. The molecule has 5 rings (SSSR count). The summed E-state index contributed by atoms with van der Waals surface area (Å²) in [6.45, 7) is 13.3. The van der Waals surface area contributed by atoms with Crippen molar-refractivity contribution in [3.63, 3.8) is 0 Å². The van der Waals surface area contributed by atoms with Gasteiger partial charge in [-0.05, 0) is 69.0 Å². The molecule has 0 saturated heterocycles. The minimum Gasteiger partial charge on any atom is -0.748 e. The number of anilines is 1. The van der Waals surface area contributed by atoms with E-state index in [1.165, 1.54) is 6.20 Å². The van der Waals surface area contributed by atoms with Gasteiger partial charge in [-0.1, -0.05) is 76.6 Å². The van der Waals surface area contributed by atoms with E-state index in [4.69, 9.17) is 4.98 Å². The van der Waals surface area contributed by atoms with Crippen LogP contribution in [0.3, 0.4) is 0 Å². The Bertz CT molecular complexity index is 2410. The predicted molar refractivity (Wildman–Crippen MR) is 236 cm³/mol. The number of Topliss-reactive ketones (excluding diaryl/α,β-unsaturated/α-hetero) is 1. The highest BCUT2D eigenvalue weighted by Crippen LogP contribution is 2.48. The van der Waals surface area contributed by atoms with E-state index in [2.05, 4.69) is 48.6 Å². The van der Waals surface area contributed by atoms with Crippen LogP contribution in [-0.4, -0.2) is 84.0 Å². The van der Waals surface area contributed by atoms with Crippen molar-refractivity contribution in [1.82, 2.24) is 10.3 Å². The van der Waals surface area contributed by atoms with Crippen molar-refractivity contribution in [2.24, 2.45) is 5.92 Å². The second kappa shape index (κ2) is 19.3. The normalized spacial score (nSPS) is 16.9. The number of carbonyl (C=O) groups is 2. The highest BCUT2D eigenvalue weighted by molar-refractivity contribution is 7.85. The Kier molecular flexibility index (Phi) is 14.9. The number of carbonyl (C=O) groups excluding carboxylic acids is 2. The third-order valence-corrected chi connectivity index (χ3v) is 12.9. The molecule has 12 nitrogen and oxygen atoms in total. The zero-order valence-corrected chi connectivity index (χ0v) is 37.1. The van der Waals surface area contributed by atoms with E-state index >= 15 is 0 Å². The topological polar surface area (TPSA) is 177 Å². The summed E-state index contributed by atoms with van der Waals surface area (Å²) in [6, 6.07) is 19.4. The highest BCUT2D eigenvalue weighted by Gasteiger charge is 2.44. The summed E-state index contributed by atoms with van der Waals surface area (Å²) in [7, 11) is -8.56. The highest BCUT2D eigenvalue weighted by atomic mass is 32.2. The number of para-hydroxylation sites is 2. The van der Waals surface area contributed by atoms with Gasteiger partial charge in [0.1, 0.15) is 12.3 Å². The number of hydrogen-bond donors (Lipinski definition) is 2. The molecule has 0 saturated carbocycles. The number of hydrogen-bond acceptors (Lipinski definition) is 9. The van der Waals surface area contributed by atoms with Crippen molar-refractivity contribution in [2.45, 2.75) is 90.9 Å².